The molecule has 270 valence electrons. The van der Waals surface area contributed by atoms with Crippen molar-refractivity contribution in [1.82, 2.24) is 30.7 Å². The van der Waals surface area contributed by atoms with Crippen LogP contribution in [0.1, 0.15) is 38.5 Å². The summed E-state index contributed by atoms with van der Waals surface area (Å²) < 4.78 is 13.1. The zero-order chi connectivity index (χ0) is 34.2. The molecule has 16 nitrogen and oxygen atoms in total. The highest BCUT2D eigenvalue weighted by Gasteiger charge is 2.26. The molecule has 0 aromatic heterocycles. The Morgan fingerprint density at radius 3 is 1.35 bits per heavy atom. The van der Waals surface area contributed by atoms with Crippen LogP contribution < -0.4 is 33.2 Å². The number of nitrogens with zero attached hydrogens (tertiary/aromatic N) is 3. The zero-order valence-corrected chi connectivity index (χ0v) is 30.0. The van der Waals surface area contributed by atoms with Gasteiger partial charge >= 0.3 is 0 Å². The van der Waals surface area contributed by atoms with Gasteiger partial charge in [-0.05, 0) is 38.9 Å². The molecule has 1 aliphatic rings. The maximum Gasteiger partial charge on any atom is 0.220 e. The first-order valence-corrected chi connectivity index (χ1v) is 21.6. The number of hydrogen-bond acceptors (Lipinski definition) is 12. The molecule has 0 aromatic rings. The van der Waals surface area contributed by atoms with E-state index in [1.807, 2.05) is 4.90 Å². The highest BCUT2D eigenvalue weighted by molar-refractivity contribution is 7.57. The van der Waals surface area contributed by atoms with E-state index in [9.17, 15) is 33.6 Å². The lowest BCUT2D eigenvalue weighted by molar-refractivity contribution is -0.121. The van der Waals surface area contributed by atoms with E-state index in [0.29, 0.717) is 123 Å². The summed E-state index contributed by atoms with van der Waals surface area (Å²) >= 11 is 0. The third-order valence-corrected chi connectivity index (χ3v) is 12.0. The monoisotopic (exact) mass is 715 g/mol. The van der Waals surface area contributed by atoms with Gasteiger partial charge in [0.2, 0.25) is 25.1 Å². The lowest BCUT2D eigenvalue weighted by Crippen LogP contribution is -2.37. The van der Waals surface area contributed by atoms with Crippen LogP contribution in [0.3, 0.4) is 0 Å². The summed E-state index contributed by atoms with van der Waals surface area (Å²) in [5, 5.41) is 8.31. The van der Waals surface area contributed by atoms with Gasteiger partial charge in [-0.2, -0.15) is 0 Å². The molecule has 0 bridgehead atoms. The summed E-state index contributed by atoms with van der Waals surface area (Å²) in [6.45, 7) is 6.18. The van der Waals surface area contributed by atoms with E-state index in [0.717, 1.165) is 0 Å². The Balaban J connectivity index is 2.80. The second-order valence-corrected chi connectivity index (χ2v) is 17.4. The van der Waals surface area contributed by atoms with Crippen LogP contribution >= 0.6 is 23.7 Å². The van der Waals surface area contributed by atoms with Crippen molar-refractivity contribution in [2.24, 2.45) is 17.2 Å². The molecule has 1 heterocycles. The fraction of sp³-hybridized carbons (Fsp3) is 0.889. The fourth-order valence-electron chi connectivity index (χ4n) is 4.59. The van der Waals surface area contributed by atoms with Crippen LogP contribution in [0.25, 0.3) is 0 Å². The number of amides is 3. The van der Waals surface area contributed by atoms with Gasteiger partial charge in [0.15, 0.2) is 0 Å². The first-order valence-electron chi connectivity index (χ1n) is 16.2. The van der Waals surface area contributed by atoms with Crippen LogP contribution in [0.4, 0.5) is 0 Å². The SMILES string of the molecule is NCCCNC(=O)CCP(O)CN1CCN(CP(O)CCC(=O)NCCCN)CCN(CP(=O)(O)CCC(=O)NCCCN)CC1. The van der Waals surface area contributed by atoms with Crippen molar-refractivity contribution in [2.75, 3.05) is 116 Å². The number of carbonyl (C=O) groups excluding carboxylic acids is 3. The topological polar surface area (TPSA) is 253 Å². The molecular weight excluding hydrogens is 655 g/mol. The second-order valence-electron chi connectivity index (χ2n) is 11.5. The normalized spacial score (nSPS) is 18.0. The quantitative estimate of drug-likeness (QED) is 0.0404. The average Bonchev–Trinajstić information content (AvgIpc) is 3.09. The Morgan fingerprint density at radius 2 is 0.978 bits per heavy atom. The number of carbonyl (C=O) groups is 3. The summed E-state index contributed by atoms with van der Waals surface area (Å²) in [5.41, 5.74) is 16.4. The molecule has 1 saturated heterocycles. The van der Waals surface area contributed by atoms with E-state index in [2.05, 4.69) is 25.8 Å². The fourth-order valence-corrected chi connectivity index (χ4v) is 8.88. The number of nitrogens with two attached hydrogens (primary N) is 3. The van der Waals surface area contributed by atoms with Crippen molar-refractivity contribution >= 4 is 41.4 Å². The molecular formula is C27H60N9O7P3. The molecule has 0 aliphatic carbocycles. The Morgan fingerprint density at radius 1 is 0.630 bits per heavy atom. The van der Waals surface area contributed by atoms with Crippen molar-refractivity contribution < 1.29 is 33.6 Å². The second kappa shape index (κ2) is 26.1. The van der Waals surface area contributed by atoms with E-state index in [1.54, 1.807) is 0 Å². The lowest BCUT2D eigenvalue weighted by Gasteiger charge is -2.28. The molecule has 3 atom stereocenters. The van der Waals surface area contributed by atoms with E-state index in [4.69, 9.17) is 17.2 Å². The van der Waals surface area contributed by atoms with Crippen molar-refractivity contribution in [2.45, 2.75) is 38.5 Å². The molecule has 1 fully saturated rings. The minimum atomic E-state index is -3.66. The van der Waals surface area contributed by atoms with E-state index in [1.165, 1.54) is 0 Å². The zero-order valence-electron chi connectivity index (χ0n) is 27.4. The first-order chi connectivity index (χ1) is 22.0. The third kappa shape index (κ3) is 22.7. The van der Waals surface area contributed by atoms with Crippen molar-refractivity contribution in [3.8, 4) is 0 Å². The van der Waals surface area contributed by atoms with Crippen LogP contribution in [0.15, 0.2) is 0 Å². The summed E-state index contributed by atoms with van der Waals surface area (Å²) in [4.78, 5) is 74.8. The Bertz CT molecular complexity index is 867. The van der Waals surface area contributed by atoms with E-state index < -0.39 is 23.7 Å². The maximum atomic E-state index is 13.1. The smallest absolute Gasteiger partial charge is 0.220 e. The Labute approximate surface area is 277 Å². The summed E-state index contributed by atoms with van der Waals surface area (Å²) in [5.74, 6) is -0.515. The molecule has 0 saturated carbocycles. The minimum Gasteiger partial charge on any atom is -0.372 e. The van der Waals surface area contributed by atoms with E-state index >= 15 is 0 Å². The van der Waals surface area contributed by atoms with Gasteiger partial charge < -0.3 is 47.8 Å². The largest absolute Gasteiger partial charge is 0.372 e. The molecule has 12 N–H and O–H groups in total. The van der Waals surface area contributed by atoms with Crippen LogP contribution in [0.5, 0.6) is 0 Å². The lowest BCUT2D eigenvalue weighted by atomic mass is 10.4. The van der Waals surface area contributed by atoms with Crippen LogP contribution in [0.2, 0.25) is 0 Å². The van der Waals surface area contributed by atoms with Crippen LogP contribution in [-0.2, 0) is 18.9 Å². The number of rotatable bonds is 24. The standard InChI is InChI=1S/C27H60N9O7P3/c28-7-1-10-31-25(37)4-19-44(40)22-34-13-14-35(23-45(41)20-5-26(38)32-11-2-8-29)16-18-36(17-15-34)24-46(42,43)21-6-27(39)33-12-3-9-30/h40-41H,1-24,28-30H2,(H,31,37)(H,32,38)(H,33,39)(H,42,43). The van der Waals surface area contributed by atoms with Crippen molar-refractivity contribution in [3.63, 3.8) is 0 Å². The van der Waals surface area contributed by atoms with Gasteiger partial charge in [-0.3, -0.25) is 33.6 Å². The number of hydrogen-bond donors (Lipinski definition) is 9. The van der Waals surface area contributed by atoms with Gasteiger partial charge in [-0.25, -0.2) is 0 Å². The number of nitrogens with one attached hydrogen (secondary N) is 3. The van der Waals surface area contributed by atoms with Gasteiger partial charge in [0, 0.05) is 126 Å². The molecule has 1 aliphatic heterocycles. The maximum absolute atomic E-state index is 13.1. The molecule has 0 spiro atoms. The van der Waals surface area contributed by atoms with Gasteiger partial charge in [0.25, 0.3) is 0 Å². The molecule has 3 unspecified atom stereocenters. The van der Waals surface area contributed by atoms with Crippen LogP contribution in [0, 0.1) is 0 Å². The Kier molecular flexibility index (Phi) is 24.5. The van der Waals surface area contributed by atoms with Gasteiger partial charge in [-0.1, -0.05) is 0 Å². The van der Waals surface area contributed by atoms with Gasteiger partial charge in [-0.15, -0.1) is 0 Å². The average molecular weight is 716 g/mol. The molecule has 46 heavy (non-hydrogen) atoms. The molecule has 1 rings (SSSR count). The summed E-state index contributed by atoms with van der Waals surface area (Å²) in [7, 11) is -6.55. The van der Waals surface area contributed by atoms with Crippen molar-refractivity contribution in [3.05, 3.63) is 0 Å². The van der Waals surface area contributed by atoms with E-state index in [-0.39, 0.29) is 49.4 Å². The van der Waals surface area contributed by atoms with Gasteiger partial charge in [0.05, 0.1) is 6.29 Å². The predicted molar refractivity (Wildman–Crippen MR) is 186 cm³/mol. The predicted octanol–water partition coefficient (Wildman–Crippen LogP) is -1.61. The molecule has 3 amide bonds. The molecule has 19 heteroatoms. The minimum absolute atomic E-state index is 0.0480. The van der Waals surface area contributed by atoms with Gasteiger partial charge in [0.1, 0.15) is 0 Å². The van der Waals surface area contributed by atoms with Crippen LogP contribution in [-0.4, -0.2) is 163 Å². The molecule has 0 radical (unpaired) electrons. The first kappa shape index (κ1) is 43.2. The highest BCUT2D eigenvalue weighted by atomic mass is 31.2. The molecule has 0 aromatic carbocycles. The third-order valence-electron chi connectivity index (χ3n) is 7.34. The Hall–Kier alpha value is -0.860. The van der Waals surface area contributed by atoms with Crippen molar-refractivity contribution in [1.29, 1.82) is 0 Å². The summed E-state index contributed by atoms with van der Waals surface area (Å²) in [6.07, 6.45) is 3.74. The summed E-state index contributed by atoms with van der Waals surface area (Å²) in [6, 6.07) is 0. The highest BCUT2D eigenvalue weighted by Crippen LogP contribution is 2.42.